The average Bonchev–Trinajstić information content (AvgIpc) is 2.99. The molecule has 4 aromatic rings. The molecule has 1 fully saturated rings. The van der Waals surface area contributed by atoms with Crippen molar-refractivity contribution in [2.45, 2.75) is 32.7 Å². The van der Waals surface area contributed by atoms with Gasteiger partial charge in [0.05, 0.1) is 5.56 Å². The van der Waals surface area contributed by atoms with E-state index in [4.69, 9.17) is 0 Å². The summed E-state index contributed by atoms with van der Waals surface area (Å²) in [7, 11) is 0. The van der Waals surface area contributed by atoms with Crippen LogP contribution in [0.25, 0.3) is 0 Å². The minimum Gasteiger partial charge on any atom is -0.371 e. The Morgan fingerprint density at radius 1 is 0.829 bits per heavy atom. The number of para-hydroxylation sites is 1. The molecule has 1 aliphatic heterocycles. The molecule has 1 heterocycles. The van der Waals surface area contributed by atoms with E-state index in [9.17, 15) is 14.0 Å². The van der Waals surface area contributed by atoms with Gasteiger partial charge in [0.1, 0.15) is 5.82 Å². The molecule has 0 aliphatic carbocycles. The third-order valence-electron chi connectivity index (χ3n) is 7.58. The maximum absolute atomic E-state index is 13.5. The van der Waals surface area contributed by atoms with Crippen LogP contribution in [0.2, 0.25) is 0 Å². The number of rotatable bonds is 8. The van der Waals surface area contributed by atoms with Crippen LogP contribution in [0.15, 0.2) is 97.1 Å². The van der Waals surface area contributed by atoms with Gasteiger partial charge in [-0.15, -0.1) is 0 Å². The SMILES string of the molecule is Cc1ccccc1NC(=O)Nc1ccc(N2CCC(Cc3ccccc3)CC2)c(C(=O)NCc2ccc(F)cc2)c1. The van der Waals surface area contributed by atoms with Crippen molar-refractivity contribution in [1.29, 1.82) is 0 Å². The molecule has 0 aromatic heterocycles. The molecule has 41 heavy (non-hydrogen) atoms. The van der Waals surface area contributed by atoms with E-state index in [1.165, 1.54) is 17.7 Å². The number of amides is 3. The molecule has 0 atom stereocenters. The lowest BCUT2D eigenvalue weighted by atomic mass is 9.89. The fourth-order valence-corrected chi connectivity index (χ4v) is 5.27. The zero-order valence-electron chi connectivity index (χ0n) is 23.2. The Balaban J connectivity index is 1.31. The third kappa shape index (κ3) is 7.51. The van der Waals surface area contributed by atoms with E-state index in [0.29, 0.717) is 17.2 Å². The van der Waals surface area contributed by atoms with Crippen LogP contribution in [0.3, 0.4) is 0 Å². The largest absolute Gasteiger partial charge is 0.371 e. The summed E-state index contributed by atoms with van der Waals surface area (Å²) in [6.07, 6.45) is 3.12. The lowest BCUT2D eigenvalue weighted by molar-refractivity contribution is 0.0951. The smallest absolute Gasteiger partial charge is 0.323 e. The van der Waals surface area contributed by atoms with Crippen molar-refractivity contribution in [3.05, 3.63) is 125 Å². The number of hydrogen-bond acceptors (Lipinski definition) is 3. The first kappa shape index (κ1) is 27.9. The summed E-state index contributed by atoms with van der Waals surface area (Å²) >= 11 is 0. The molecule has 3 N–H and O–H groups in total. The molecule has 3 amide bonds. The number of carbonyl (C=O) groups excluding carboxylic acids is 2. The molecule has 0 unspecified atom stereocenters. The molecule has 0 bridgehead atoms. The van der Waals surface area contributed by atoms with Gasteiger partial charge in [-0.3, -0.25) is 4.79 Å². The summed E-state index contributed by atoms with van der Waals surface area (Å²) in [5.41, 5.74) is 5.67. The van der Waals surface area contributed by atoms with Crippen molar-refractivity contribution in [3.63, 3.8) is 0 Å². The highest BCUT2D eigenvalue weighted by Crippen LogP contribution is 2.30. The highest BCUT2D eigenvalue weighted by atomic mass is 19.1. The van der Waals surface area contributed by atoms with Gasteiger partial charge in [-0.2, -0.15) is 0 Å². The Hall–Kier alpha value is -4.65. The molecule has 6 nitrogen and oxygen atoms in total. The monoisotopic (exact) mass is 550 g/mol. The van der Waals surface area contributed by atoms with Crippen molar-refractivity contribution < 1.29 is 14.0 Å². The number of hydrogen-bond donors (Lipinski definition) is 3. The van der Waals surface area contributed by atoms with Gasteiger partial charge in [0.25, 0.3) is 5.91 Å². The van der Waals surface area contributed by atoms with Crippen LogP contribution < -0.4 is 20.9 Å². The van der Waals surface area contributed by atoms with Gasteiger partial charge in [-0.1, -0.05) is 60.7 Å². The van der Waals surface area contributed by atoms with Crippen LogP contribution in [0, 0.1) is 18.7 Å². The molecule has 0 saturated carbocycles. The van der Waals surface area contributed by atoms with E-state index in [0.717, 1.165) is 54.9 Å². The molecule has 210 valence electrons. The molecule has 0 spiro atoms. The quantitative estimate of drug-likeness (QED) is 0.218. The molecular formula is C34H35FN4O2. The van der Waals surface area contributed by atoms with E-state index in [1.807, 2.05) is 49.4 Å². The Bertz CT molecular complexity index is 1480. The Kier molecular flexibility index (Phi) is 8.94. The number of anilines is 3. The van der Waals surface area contributed by atoms with E-state index < -0.39 is 0 Å². The number of carbonyl (C=O) groups is 2. The number of nitrogens with one attached hydrogen (secondary N) is 3. The van der Waals surface area contributed by atoms with Gasteiger partial charge in [-0.05, 0) is 85.2 Å². The molecule has 4 aromatic carbocycles. The van der Waals surface area contributed by atoms with Crippen LogP contribution >= 0.6 is 0 Å². The number of aryl methyl sites for hydroxylation is 1. The molecular weight excluding hydrogens is 515 g/mol. The first-order valence-corrected chi connectivity index (χ1v) is 14.0. The van der Waals surface area contributed by atoms with Crippen LogP contribution in [0.1, 0.15) is 39.9 Å². The summed E-state index contributed by atoms with van der Waals surface area (Å²) < 4.78 is 13.3. The molecule has 5 rings (SSSR count). The Morgan fingerprint density at radius 2 is 1.54 bits per heavy atom. The predicted octanol–water partition coefficient (Wildman–Crippen LogP) is 7.17. The van der Waals surface area contributed by atoms with E-state index in [2.05, 4.69) is 45.1 Å². The third-order valence-corrected chi connectivity index (χ3v) is 7.58. The summed E-state index contributed by atoms with van der Waals surface area (Å²) in [4.78, 5) is 28.5. The second-order valence-corrected chi connectivity index (χ2v) is 10.6. The van der Waals surface area contributed by atoms with Crippen LogP contribution in [-0.2, 0) is 13.0 Å². The van der Waals surface area contributed by atoms with E-state index in [-0.39, 0.29) is 24.3 Å². The summed E-state index contributed by atoms with van der Waals surface area (Å²) in [6, 6.07) is 29.3. The fraction of sp³-hybridized carbons (Fsp3) is 0.235. The number of halogens is 1. The number of nitrogens with zero attached hydrogens (tertiary/aromatic N) is 1. The number of urea groups is 1. The Morgan fingerprint density at radius 3 is 2.27 bits per heavy atom. The van der Waals surface area contributed by atoms with Crippen molar-refractivity contribution >= 4 is 29.0 Å². The van der Waals surface area contributed by atoms with Crippen LogP contribution in [0.5, 0.6) is 0 Å². The van der Waals surface area contributed by atoms with Gasteiger partial charge >= 0.3 is 6.03 Å². The van der Waals surface area contributed by atoms with E-state index >= 15 is 0 Å². The molecule has 1 saturated heterocycles. The topological polar surface area (TPSA) is 73.5 Å². The molecule has 1 aliphatic rings. The maximum Gasteiger partial charge on any atom is 0.323 e. The van der Waals surface area contributed by atoms with Gasteiger partial charge in [0, 0.05) is 36.7 Å². The van der Waals surface area contributed by atoms with Gasteiger partial charge < -0.3 is 20.9 Å². The number of benzene rings is 4. The van der Waals surface area contributed by atoms with Gasteiger partial charge in [0.2, 0.25) is 0 Å². The van der Waals surface area contributed by atoms with Crippen molar-refractivity contribution in [3.8, 4) is 0 Å². The first-order valence-electron chi connectivity index (χ1n) is 14.0. The standard InChI is InChI=1S/C34H35FN4O2/c1-24-7-5-6-10-31(24)38-34(41)37-29-15-16-32(30(22-29)33(40)36-23-27-11-13-28(35)14-12-27)39-19-17-26(18-20-39)21-25-8-3-2-4-9-25/h2-16,22,26H,17-21,23H2,1H3,(H,36,40)(H2,37,38,41). The van der Waals surface area contributed by atoms with Gasteiger partial charge in [-0.25, -0.2) is 9.18 Å². The normalized spacial score (nSPS) is 13.5. The van der Waals surface area contributed by atoms with Crippen molar-refractivity contribution in [2.24, 2.45) is 5.92 Å². The van der Waals surface area contributed by atoms with E-state index in [1.54, 1.807) is 18.2 Å². The summed E-state index contributed by atoms with van der Waals surface area (Å²) in [5.74, 6) is 0.0231. The highest BCUT2D eigenvalue weighted by Gasteiger charge is 2.24. The lowest BCUT2D eigenvalue weighted by Crippen LogP contribution is -2.36. The van der Waals surface area contributed by atoms with Crippen LogP contribution in [0.4, 0.5) is 26.2 Å². The number of piperidine rings is 1. The first-order chi connectivity index (χ1) is 19.9. The fourth-order valence-electron chi connectivity index (χ4n) is 5.27. The zero-order chi connectivity index (χ0) is 28.6. The zero-order valence-corrected chi connectivity index (χ0v) is 23.2. The molecule has 7 heteroatoms. The highest BCUT2D eigenvalue weighted by molar-refractivity contribution is 6.04. The Labute approximate surface area is 240 Å². The van der Waals surface area contributed by atoms with Crippen molar-refractivity contribution in [1.82, 2.24) is 5.32 Å². The second-order valence-electron chi connectivity index (χ2n) is 10.6. The van der Waals surface area contributed by atoms with Crippen LogP contribution in [-0.4, -0.2) is 25.0 Å². The lowest BCUT2D eigenvalue weighted by Gasteiger charge is -2.35. The average molecular weight is 551 g/mol. The molecule has 0 radical (unpaired) electrons. The minimum absolute atomic E-state index is 0.251. The van der Waals surface area contributed by atoms with Gasteiger partial charge in [0.15, 0.2) is 0 Å². The summed E-state index contributed by atoms with van der Waals surface area (Å²) in [6.45, 7) is 3.88. The van der Waals surface area contributed by atoms with Crippen molar-refractivity contribution in [2.75, 3.05) is 28.6 Å². The minimum atomic E-state index is -0.383. The summed E-state index contributed by atoms with van der Waals surface area (Å²) in [5, 5.41) is 8.70. The maximum atomic E-state index is 13.5. The predicted molar refractivity (Wildman–Crippen MR) is 163 cm³/mol. The second kappa shape index (κ2) is 13.1.